The van der Waals surface area contributed by atoms with E-state index < -0.39 is 23.1 Å². The minimum atomic E-state index is -1.18. The molecule has 4 rings (SSSR count). The number of thiophene rings is 1. The van der Waals surface area contributed by atoms with Gasteiger partial charge in [-0.15, -0.1) is 11.3 Å². The van der Waals surface area contributed by atoms with Gasteiger partial charge in [-0.1, -0.05) is 38.4 Å². The van der Waals surface area contributed by atoms with Crippen molar-refractivity contribution >= 4 is 39.8 Å². The minimum absolute atomic E-state index is 0.0321. The Labute approximate surface area is 204 Å². The van der Waals surface area contributed by atoms with Gasteiger partial charge in [0.05, 0.1) is 11.9 Å². The van der Waals surface area contributed by atoms with Gasteiger partial charge in [0, 0.05) is 32.8 Å². The summed E-state index contributed by atoms with van der Waals surface area (Å²) in [7, 11) is 0. The number of halogens is 2. The first-order valence-corrected chi connectivity index (χ1v) is 11.5. The minimum Gasteiger partial charge on any atom is -0.478 e. The van der Waals surface area contributed by atoms with Crippen LogP contribution < -0.4 is 5.32 Å². The van der Waals surface area contributed by atoms with Crippen molar-refractivity contribution in [3.8, 4) is 16.8 Å². The summed E-state index contributed by atoms with van der Waals surface area (Å²) in [5.41, 5.74) is 1.49. The van der Waals surface area contributed by atoms with Gasteiger partial charge in [-0.25, -0.2) is 13.9 Å². The number of hydrogen-bond donors (Lipinski definition) is 2. The molecule has 2 N–H and O–H groups in total. The highest BCUT2D eigenvalue weighted by Gasteiger charge is 2.32. The third-order valence-electron chi connectivity index (χ3n) is 5.08. The zero-order valence-electron chi connectivity index (χ0n) is 18.6. The van der Waals surface area contributed by atoms with Gasteiger partial charge in [-0.2, -0.15) is 5.10 Å². The fourth-order valence-electron chi connectivity index (χ4n) is 3.52. The number of aromatic nitrogens is 2. The smallest absolute Gasteiger partial charge is 0.339 e. The first-order valence-electron chi connectivity index (χ1n) is 10.3. The Morgan fingerprint density at radius 2 is 1.85 bits per heavy atom. The molecular weight excluding hydrogens is 477 g/mol. The van der Waals surface area contributed by atoms with Crippen LogP contribution in [-0.4, -0.2) is 26.8 Å². The van der Waals surface area contributed by atoms with Crippen LogP contribution in [0.1, 0.15) is 46.4 Å². The van der Waals surface area contributed by atoms with Crippen LogP contribution in [0, 0.1) is 5.82 Å². The lowest BCUT2D eigenvalue weighted by Crippen LogP contribution is -2.13. The molecule has 0 saturated heterocycles. The Hall–Kier alpha value is -3.49. The summed E-state index contributed by atoms with van der Waals surface area (Å²) < 4.78 is 15.2. The van der Waals surface area contributed by atoms with Crippen LogP contribution >= 0.6 is 22.9 Å². The Morgan fingerprint density at radius 3 is 2.47 bits per heavy atom. The number of hydrogen-bond acceptors (Lipinski definition) is 4. The molecule has 6 nitrogen and oxygen atoms in total. The normalized spacial score (nSPS) is 11.4. The summed E-state index contributed by atoms with van der Waals surface area (Å²) >= 11 is 7.16. The first-order chi connectivity index (χ1) is 16.0. The molecule has 2 heterocycles. The lowest BCUT2D eigenvalue weighted by Gasteiger charge is -2.18. The van der Waals surface area contributed by atoms with Gasteiger partial charge < -0.3 is 10.4 Å². The second-order valence-corrected chi connectivity index (χ2v) is 10.1. The Bertz CT molecular complexity index is 1390. The van der Waals surface area contributed by atoms with Gasteiger partial charge in [0.25, 0.3) is 5.91 Å². The van der Waals surface area contributed by atoms with E-state index in [0.29, 0.717) is 16.1 Å². The highest BCUT2D eigenvalue weighted by molar-refractivity contribution is 7.17. The topological polar surface area (TPSA) is 84.2 Å². The zero-order valence-corrected chi connectivity index (χ0v) is 20.2. The summed E-state index contributed by atoms with van der Waals surface area (Å²) in [6.07, 6.45) is 3.33. The molecule has 0 radical (unpaired) electrons. The van der Waals surface area contributed by atoms with Crippen LogP contribution in [0.15, 0.2) is 60.9 Å². The van der Waals surface area contributed by atoms with Crippen LogP contribution in [0.25, 0.3) is 16.8 Å². The van der Waals surface area contributed by atoms with Gasteiger partial charge >= 0.3 is 5.97 Å². The maximum absolute atomic E-state index is 13.6. The SMILES string of the molecule is CC(C)(C)c1sc(NC(=O)c2cccc(F)c2)c(C(=O)O)c1-c1cnn(-c2ccc(Cl)cc2)c1. The predicted molar refractivity (Wildman–Crippen MR) is 132 cm³/mol. The molecule has 0 aliphatic heterocycles. The van der Waals surface area contributed by atoms with Gasteiger partial charge in [-0.05, 0) is 47.9 Å². The average Bonchev–Trinajstić information content (AvgIpc) is 3.39. The van der Waals surface area contributed by atoms with Gasteiger partial charge in [0.2, 0.25) is 0 Å². The van der Waals surface area contributed by atoms with E-state index in [1.165, 1.54) is 29.5 Å². The molecule has 2 aromatic carbocycles. The monoisotopic (exact) mass is 497 g/mol. The maximum Gasteiger partial charge on any atom is 0.339 e. The molecule has 0 aliphatic carbocycles. The Balaban J connectivity index is 1.82. The molecule has 2 aromatic heterocycles. The second-order valence-electron chi connectivity index (χ2n) is 8.68. The van der Waals surface area contributed by atoms with E-state index in [9.17, 15) is 19.1 Å². The molecule has 4 aromatic rings. The molecule has 34 heavy (non-hydrogen) atoms. The summed E-state index contributed by atoms with van der Waals surface area (Å²) in [4.78, 5) is 25.9. The molecule has 174 valence electrons. The largest absolute Gasteiger partial charge is 0.478 e. The van der Waals surface area contributed by atoms with Crippen molar-refractivity contribution in [1.82, 2.24) is 9.78 Å². The zero-order chi connectivity index (χ0) is 24.6. The summed E-state index contributed by atoms with van der Waals surface area (Å²) in [6, 6.07) is 12.3. The van der Waals surface area contributed by atoms with Crippen LogP contribution in [0.4, 0.5) is 9.39 Å². The van der Waals surface area contributed by atoms with Crippen LogP contribution in [0.5, 0.6) is 0 Å². The van der Waals surface area contributed by atoms with E-state index in [1.54, 1.807) is 41.3 Å². The number of aromatic carboxylic acids is 1. The lowest BCUT2D eigenvalue weighted by molar-refractivity contribution is 0.0699. The van der Waals surface area contributed by atoms with Crippen molar-refractivity contribution < 1.29 is 19.1 Å². The molecule has 9 heteroatoms. The van der Waals surface area contributed by atoms with E-state index in [4.69, 9.17) is 11.6 Å². The van der Waals surface area contributed by atoms with Crippen molar-refractivity contribution in [3.05, 3.63) is 87.8 Å². The number of nitrogens with zero attached hydrogens (tertiary/aromatic N) is 2. The Kier molecular flexibility index (Phi) is 6.29. The number of carboxylic acids is 1. The number of carboxylic acid groups (broad SMARTS) is 1. The van der Waals surface area contributed by atoms with Gasteiger partial charge in [0.15, 0.2) is 0 Å². The number of amides is 1. The highest BCUT2D eigenvalue weighted by atomic mass is 35.5. The molecule has 1 amide bonds. The van der Waals surface area contributed by atoms with Gasteiger partial charge in [0.1, 0.15) is 16.4 Å². The van der Waals surface area contributed by atoms with Crippen molar-refractivity contribution in [3.63, 3.8) is 0 Å². The summed E-state index contributed by atoms with van der Waals surface area (Å²) in [5, 5.41) is 18.0. The first kappa shape index (κ1) is 23.7. The quantitative estimate of drug-likeness (QED) is 0.323. The number of carbonyl (C=O) groups is 2. The van der Waals surface area contributed by atoms with E-state index in [2.05, 4.69) is 10.4 Å². The molecule has 0 bridgehead atoms. The maximum atomic E-state index is 13.6. The summed E-state index contributed by atoms with van der Waals surface area (Å²) in [6.45, 7) is 5.90. The lowest BCUT2D eigenvalue weighted by atomic mass is 9.88. The van der Waals surface area contributed by atoms with Gasteiger partial charge in [-0.3, -0.25) is 4.79 Å². The number of carbonyl (C=O) groups excluding carboxylic acids is 1. The molecule has 0 atom stereocenters. The highest BCUT2D eigenvalue weighted by Crippen LogP contribution is 2.46. The van der Waals surface area contributed by atoms with Crippen LogP contribution in [-0.2, 0) is 5.41 Å². The third kappa shape index (κ3) is 4.73. The van der Waals surface area contributed by atoms with Crippen molar-refractivity contribution in [2.24, 2.45) is 0 Å². The van der Waals surface area contributed by atoms with E-state index in [1.807, 2.05) is 20.8 Å². The second kappa shape index (κ2) is 9.04. The Morgan fingerprint density at radius 1 is 1.15 bits per heavy atom. The van der Waals surface area contributed by atoms with Crippen molar-refractivity contribution in [2.45, 2.75) is 26.2 Å². The standard InChI is InChI=1S/C25H21ClFN3O3S/c1-25(2,3)21-19(15-12-28-30(13-15)18-9-7-16(26)8-10-18)20(24(32)33)23(34-21)29-22(31)14-5-4-6-17(27)11-14/h4-13H,1-3H3,(H,29,31)(H,32,33). The van der Waals surface area contributed by atoms with E-state index >= 15 is 0 Å². The molecule has 0 fully saturated rings. The predicted octanol–water partition coefficient (Wildman–Crippen LogP) is 6.64. The number of anilines is 1. The van der Waals surface area contributed by atoms with E-state index in [0.717, 1.165) is 16.6 Å². The molecule has 0 aliphatic rings. The number of nitrogens with one attached hydrogen (secondary N) is 1. The molecular formula is C25H21ClFN3O3S. The fourth-order valence-corrected chi connectivity index (χ4v) is 4.91. The average molecular weight is 498 g/mol. The van der Waals surface area contributed by atoms with Crippen LogP contribution in [0.2, 0.25) is 5.02 Å². The molecule has 0 spiro atoms. The van der Waals surface area contributed by atoms with E-state index in [-0.39, 0.29) is 16.1 Å². The molecule has 0 saturated carbocycles. The molecule has 0 unspecified atom stereocenters. The number of rotatable bonds is 5. The summed E-state index contributed by atoms with van der Waals surface area (Å²) in [5.74, 6) is -2.33. The van der Waals surface area contributed by atoms with Crippen molar-refractivity contribution in [1.29, 1.82) is 0 Å². The number of benzene rings is 2. The van der Waals surface area contributed by atoms with Crippen molar-refractivity contribution in [2.75, 3.05) is 5.32 Å². The fraction of sp³-hybridized carbons (Fsp3) is 0.160. The van der Waals surface area contributed by atoms with Crippen LogP contribution in [0.3, 0.4) is 0 Å². The third-order valence-corrected chi connectivity index (χ3v) is 6.86.